The molecular formula is C18H14F4N4O. The minimum absolute atomic E-state index is 0.119. The van der Waals surface area contributed by atoms with Crippen LogP contribution in [0, 0.1) is 5.82 Å². The summed E-state index contributed by atoms with van der Waals surface area (Å²) in [7, 11) is 0. The minimum Gasteiger partial charge on any atom is -0.441 e. The molecule has 1 aliphatic rings. The minimum atomic E-state index is -4.54. The van der Waals surface area contributed by atoms with Gasteiger partial charge in [-0.25, -0.2) is 14.4 Å². The van der Waals surface area contributed by atoms with Gasteiger partial charge in [0.15, 0.2) is 0 Å². The van der Waals surface area contributed by atoms with Crippen molar-refractivity contribution in [2.45, 2.75) is 31.5 Å². The van der Waals surface area contributed by atoms with Crippen molar-refractivity contribution in [1.29, 1.82) is 0 Å². The lowest BCUT2D eigenvalue weighted by Crippen LogP contribution is -2.17. The molecule has 140 valence electrons. The number of hydrogen-bond donors (Lipinski definition) is 1. The van der Waals surface area contributed by atoms with Crippen LogP contribution in [0.5, 0.6) is 0 Å². The molecule has 9 heteroatoms. The van der Waals surface area contributed by atoms with Crippen molar-refractivity contribution in [3.63, 3.8) is 0 Å². The Morgan fingerprint density at radius 1 is 1.15 bits per heavy atom. The summed E-state index contributed by atoms with van der Waals surface area (Å²) in [4.78, 5) is 11.7. The van der Waals surface area contributed by atoms with Crippen LogP contribution < -0.4 is 5.32 Å². The Kier molecular flexibility index (Phi) is 4.29. The monoisotopic (exact) mass is 378 g/mol. The highest BCUT2D eigenvalue weighted by Gasteiger charge is 2.33. The SMILES string of the molecule is Fc1ccc(NC2CCCc3oc(-c4ccnc(C(F)(F)F)c4)nc32)nc1. The number of rotatable bonds is 3. The van der Waals surface area contributed by atoms with Gasteiger partial charge in [0.05, 0.1) is 12.2 Å². The molecular weight excluding hydrogens is 364 g/mol. The zero-order chi connectivity index (χ0) is 19.0. The molecule has 1 N–H and O–H groups in total. The first kappa shape index (κ1) is 17.4. The Morgan fingerprint density at radius 2 is 2.00 bits per heavy atom. The summed E-state index contributed by atoms with van der Waals surface area (Å²) < 4.78 is 57.4. The number of halogens is 4. The largest absolute Gasteiger partial charge is 0.441 e. The second-order valence-corrected chi connectivity index (χ2v) is 6.21. The van der Waals surface area contributed by atoms with Crippen LogP contribution in [0.3, 0.4) is 0 Å². The lowest BCUT2D eigenvalue weighted by atomic mass is 9.97. The van der Waals surface area contributed by atoms with Gasteiger partial charge in [-0.15, -0.1) is 0 Å². The fourth-order valence-electron chi connectivity index (χ4n) is 3.04. The van der Waals surface area contributed by atoms with Gasteiger partial charge in [0, 0.05) is 18.2 Å². The van der Waals surface area contributed by atoms with E-state index in [9.17, 15) is 17.6 Å². The van der Waals surface area contributed by atoms with Crippen LogP contribution in [-0.2, 0) is 12.6 Å². The molecule has 0 aromatic carbocycles. The van der Waals surface area contributed by atoms with Crippen molar-refractivity contribution >= 4 is 5.82 Å². The first-order valence-electron chi connectivity index (χ1n) is 8.31. The van der Waals surface area contributed by atoms with Crippen LogP contribution in [0.1, 0.15) is 36.0 Å². The van der Waals surface area contributed by atoms with Crippen molar-refractivity contribution in [2.24, 2.45) is 0 Å². The second-order valence-electron chi connectivity index (χ2n) is 6.21. The number of hydrogen-bond acceptors (Lipinski definition) is 5. The molecule has 0 fully saturated rings. The molecule has 0 bridgehead atoms. The zero-order valence-corrected chi connectivity index (χ0v) is 13.9. The number of pyridine rings is 2. The molecule has 0 saturated carbocycles. The molecule has 0 amide bonds. The molecule has 27 heavy (non-hydrogen) atoms. The average molecular weight is 378 g/mol. The molecule has 3 heterocycles. The highest BCUT2D eigenvalue weighted by atomic mass is 19.4. The van der Waals surface area contributed by atoms with Crippen LogP contribution in [0.4, 0.5) is 23.4 Å². The highest BCUT2D eigenvalue weighted by Crippen LogP contribution is 2.36. The van der Waals surface area contributed by atoms with E-state index >= 15 is 0 Å². The lowest BCUT2D eigenvalue weighted by molar-refractivity contribution is -0.141. The Bertz CT molecular complexity index is 953. The summed E-state index contributed by atoms with van der Waals surface area (Å²) in [6, 6.07) is 4.94. The van der Waals surface area contributed by atoms with Crippen molar-refractivity contribution < 1.29 is 22.0 Å². The van der Waals surface area contributed by atoms with Gasteiger partial charge in [-0.3, -0.25) is 4.98 Å². The Hall–Kier alpha value is -2.97. The number of fused-ring (bicyclic) bond motifs is 1. The molecule has 0 radical (unpaired) electrons. The Morgan fingerprint density at radius 3 is 2.74 bits per heavy atom. The van der Waals surface area contributed by atoms with E-state index in [0.29, 0.717) is 23.7 Å². The normalized spacial score (nSPS) is 16.8. The molecule has 4 rings (SSSR count). The van der Waals surface area contributed by atoms with Crippen LogP contribution in [-0.4, -0.2) is 15.0 Å². The molecule has 3 aromatic heterocycles. The lowest BCUT2D eigenvalue weighted by Gasteiger charge is -2.21. The fourth-order valence-corrected chi connectivity index (χ4v) is 3.04. The maximum atomic E-state index is 13.0. The number of alkyl halides is 3. The molecule has 0 spiro atoms. The third-order valence-electron chi connectivity index (χ3n) is 4.30. The van der Waals surface area contributed by atoms with E-state index in [1.54, 1.807) is 0 Å². The first-order valence-corrected chi connectivity index (χ1v) is 8.31. The summed E-state index contributed by atoms with van der Waals surface area (Å²) >= 11 is 0. The third kappa shape index (κ3) is 3.62. The molecule has 0 saturated heterocycles. The van der Waals surface area contributed by atoms with E-state index in [0.717, 1.165) is 31.3 Å². The predicted molar refractivity (Wildman–Crippen MR) is 88.2 cm³/mol. The maximum absolute atomic E-state index is 13.0. The Labute approximate surface area is 151 Å². The summed E-state index contributed by atoms with van der Waals surface area (Å²) in [5.74, 6) is 0.795. The first-order chi connectivity index (χ1) is 12.9. The maximum Gasteiger partial charge on any atom is 0.433 e. The van der Waals surface area contributed by atoms with E-state index in [4.69, 9.17) is 4.42 Å². The van der Waals surface area contributed by atoms with Gasteiger partial charge >= 0.3 is 6.18 Å². The molecule has 0 aliphatic heterocycles. The molecule has 1 unspecified atom stereocenters. The van der Waals surface area contributed by atoms with Gasteiger partial charge in [-0.1, -0.05) is 0 Å². The summed E-state index contributed by atoms with van der Waals surface area (Å²) in [5, 5.41) is 3.17. The van der Waals surface area contributed by atoms with Crippen molar-refractivity contribution in [3.05, 3.63) is 59.6 Å². The van der Waals surface area contributed by atoms with Gasteiger partial charge in [-0.2, -0.15) is 13.2 Å². The number of nitrogens with zero attached hydrogens (tertiary/aromatic N) is 3. The number of oxazole rings is 1. The smallest absolute Gasteiger partial charge is 0.433 e. The fraction of sp³-hybridized carbons (Fsp3) is 0.278. The second kappa shape index (κ2) is 6.64. The van der Waals surface area contributed by atoms with E-state index < -0.39 is 17.7 Å². The molecule has 3 aromatic rings. The molecule has 1 atom stereocenters. The molecule has 1 aliphatic carbocycles. The third-order valence-corrected chi connectivity index (χ3v) is 4.30. The summed E-state index contributed by atoms with van der Waals surface area (Å²) in [5.41, 5.74) is -0.153. The van der Waals surface area contributed by atoms with Crippen molar-refractivity contribution in [2.75, 3.05) is 5.32 Å². The van der Waals surface area contributed by atoms with Crippen LogP contribution >= 0.6 is 0 Å². The van der Waals surface area contributed by atoms with Gasteiger partial charge in [0.1, 0.15) is 28.8 Å². The van der Waals surface area contributed by atoms with Crippen molar-refractivity contribution in [3.8, 4) is 11.5 Å². The topological polar surface area (TPSA) is 63.8 Å². The number of anilines is 1. The van der Waals surface area contributed by atoms with Crippen LogP contribution in [0.25, 0.3) is 11.5 Å². The zero-order valence-electron chi connectivity index (χ0n) is 13.9. The van der Waals surface area contributed by atoms with E-state index in [2.05, 4.69) is 20.3 Å². The van der Waals surface area contributed by atoms with Crippen LogP contribution in [0.2, 0.25) is 0 Å². The van der Waals surface area contributed by atoms with Gasteiger partial charge in [0.25, 0.3) is 0 Å². The number of nitrogens with one attached hydrogen (secondary N) is 1. The molecule has 5 nitrogen and oxygen atoms in total. The van der Waals surface area contributed by atoms with Gasteiger partial charge in [-0.05, 0) is 37.1 Å². The summed E-state index contributed by atoms with van der Waals surface area (Å²) in [6.07, 6.45) is -0.128. The highest BCUT2D eigenvalue weighted by molar-refractivity contribution is 5.54. The Balaban J connectivity index is 1.64. The average Bonchev–Trinajstić information content (AvgIpc) is 3.08. The number of aromatic nitrogens is 3. The van der Waals surface area contributed by atoms with Gasteiger partial charge < -0.3 is 9.73 Å². The van der Waals surface area contributed by atoms with Crippen LogP contribution in [0.15, 0.2) is 41.1 Å². The summed E-state index contributed by atoms with van der Waals surface area (Å²) in [6.45, 7) is 0. The quantitative estimate of drug-likeness (QED) is 0.665. The predicted octanol–water partition coefficient (Wildman–Crippen LogP) is 4.78. The number of aryl methyl sites for hydroxylation is 1. The van der Waals surface area contributed by atoms with E-state index in [-0.39, 0.29) is 17.5 Å². The van der Waals surface area contributed by atoms with Crippen molar-refractivity contribution in [1.82, 2.24) is 15.0 Å². The van der Waals surface area contributed by atoms with E-state index in [1.165, 1.54) is 18.2 Å². The van der Waals surface area contributed by atoms with Gasteiger partial charge in [0.2, 0.25) is 5.89 Å². The standard InChI is InChI=1S/C18H14F4N4O/c19-11-4-5-15(24-9-11)25-12-2-1-3-13-16(12)26-17(27-13)10-6-7-23-14(8-10)18(20,21)22/h4-9,12H,1-3H2,(H,24,25). The van der Waals surface area contributed by atoms with E-state index in [1.807, 2.05) is 0 Å².